The molecular weight excluding hydrogens is 528 g/mol. The molecule has 0 spiro atoms. The average Bonchev–Trinajstić information content (AvgIpc) is 2.88. The Morgan fingerprint density at radius 2 is 0.929 bits per heavy atom. The Bertz CT molecular complexity index is 1540. The van der Waals surface area contributed by atoms with Gasteiger partial charge in [-0.15, -0.1) is 0 Å². The highest BCUT2D eigenvalue weighted by molar-refractivity contribution is 5.84. The van der Waals surface area contributed by atoms with E-state index in [1.165, 1.54) is 0 Å². The van der Waals surface area contributed by atoms with Gasteiger partial charge in [-0.05, 0) is 119 Å². The third-order valence-electron chi connectivity index (χ3n) is 7.00. The first-order chi connectivity index (χ1) is 19.5. The van der Waals surface area contributed by atoms with Crippen LogP contribution in [0.15, 0.2) is 78.9 Å². The number of hydrogen-bond acceptors (Lipinski definition) is 6. The summed E-state index contributed by atoms with van der Waals surface area (Å²) < 4.78 is 21.8. The van der Waals surface area contributed by atoms with Crippen molar-refractivity contribution in [2.24, 2.45) is 0 Å². The molecule has 0 aromatic heterocycles. The molecule has 6 nitrogen and oxygen atoms in total. The van der Waals surface area contributed by atoms with Gasteiger partial charge >= 0.3 is 12.3 Å². The van der Waals surface area contributed by atoms with Crippen molar-refractivity contribution in [1.82, 2.24) is 0 Å². The first-order valence-corrected chi connectivity index (χ1v) is 14.1. The Labute approximate surface area is 248 Å². The minimum atomic E-state index is -0.744. The predicted molar refractivity (Wildman–Crippen MR) is 166 cm³/mol. The molecule has 6 heteroatoms. The number of carbonyl (C=O) groups excluding carboxylic acids is 2. The molecular formula is C36H40O6. The van der Waals surface area contributed by atoms with E-state index in [4.69, 9.17) is 18.9 Å². The molecule has 0 aliphatic rings. The van der Waals surface area contributed by atoms with Crippen LogP contribution < -0.4 is 9.47 Å². The van der Waals surface area contributed by atoms with Gasteiger partial charge in [0, 0.05) is 5.41 Å². The fourth-order valence-electron chi connectivity index (χ4n) is 4.87. The Morgan fingerprint density at radius 1 is 0.524 bits per heavy atom. The lowest BCUT2D eigenvalue weighted by Gasteiger charge is -2.33. The van der Waals surface area contributed by atoms with Crippen LogP contribution in [0.5, 0.6) is 11.5 Å². The van der Waals surface area contributed by atoms with Crippen molar-refractivity contribution in [3.05, 3.63) is 107 Å². The van der Waals surface area contributed by atoms with Gasteiger partial charge in [-0.25, -0.2) is 9.59 Å². The summed E-state index contributed by atoms with van der Waals surface area (Å²) in [5.74, 6) is 0.873. The molecule has 0 saturated heterocycles. The zero-order valence-corrected chi connectivity index (χ0v) is 26.0. The van der Waals surface area contributed by atoms with Gasteiger partial charge in [0.15, 0.2) is 0 Å². The van der Waals surface area contributed by atoms with E-state index in [0.29, 0.717) is 11.5 Å². The van der Waals surface area contributed by atoms with Crippen molar-refractivity contribution in [2.45, 2.75) is 78.9 Å². The number of aryl methyl sites for hydroxylation is 2. The molecule has 4 aromatic carbocycles. The fourth-order valence-corrected chi connectivity index (χ4v) is 4.87. The number of ether oxygens (including phenoxy) is 4. The Hall–Kier alpha value is -4.32. The third-order valence-corrected chi connectivity index (χ3v) is 7.00. The normalized spacial score (nSPS) is 12.1. The highest BCUT2D eigenvalue weighted by Crippen LogP contribution is 2.42. The summed E-state index contributed by atoms with van der Waals surface area (Å²) in [6, 6.07) is 26.4. The van der Waals surface area contributed by atoms with Gasteiger partial charge in [-0.3, -0.25) is 0 Å². The maximum atomic E-state index is 12.4. The van der Waals surface area contributed by atoms with Crippen molar-refractivity contribution < 1.29 is 28.5 Å². The van der Waals surface area contributed by atoms with Gasteiger partial charge in [-0.1, -0.05) is 60.7 Å². The standard InChI is InChI=1S/C36H40O6/c1-23-20-27(16-18-30(23)39-32(37)41-34(3,4)5)36(9,29-15-14-25-12-10-11-13-26(25)22-29)28-17-19-31(24(2)21-28)40-33(38)42-35(6,7)8/h10-22H,1-9H3. The Morgan fingerprint density at radius 3 is 1.36 bits per heavy atom. The second-order valence-corrected chi connectivity index (χ2v) is 12.8. The van der Waals surface area contributed by atoms with Crippen molar-refractivity contribution in [3.8, 4) is 11.5 Å². The molecule has 0 fully saturated rings. The molecule has 0 radical (unpaired) electrons. The molecule has 0 amide bonds. The SMILES string of the molecule is Cc1cc(C(C)(c2ccc(OC(=O)OC(C)(C)C)c(C)c2)c2ccc3ccccc3c2)ccc1OC(=O)OC(C)(C)C. The highest BCUT2D eigenvalue weighted by Gasteiger charge is 2.33. The molecule has 0 aliphatic carbocycles. The van der Waals surface area contributed by atoms with Crippen molar-refractivity contribution in [1.29, 1.82) is 0 Å². The molecule has 0 atom stereocenters. The fraction of sp³-hybridized carbons (Fsp3) is 0.333. The molecule has 4 aromatic rings. The molecule has 220 valence electrons. The smallest absolute Gasteiger partial charge is 0.428 e. The molecule has 0 aliphatic heterocycles. The summed E-state index contributed by atoms with van der Waals surface area (Å²) in [6.07, 6.45) is -1.49. The third kappa shape index (κ3) is 7.11. The second-order valence-electron chi connectivity index (χ2n) is 12.8. The van der Waals surface area contributed by atoms with Crippen LogP contribution in [0.2, 0.25) is 0 Å². The quantitative estimate of drug-likeness (QED) is 0.136. The Balaban J connectivity index is 1.78. The molecule has 4 rings (SSSR count). The van der Waals surface area contributed by atoms with Gasteiger partial charge in [0.2, 0.25) is 0 Å². The van der Waals surface area contributed by atoms with E-state index in [1.807, 2.05) is 50.2 Å². The van der Waals surface area contributed by atoms with E-state index in [2.05, 4.69) is 37.3 Å². The van der Waals surface area contributed by atoms with Crippen LogP contribution in [0.4, 0.5) is 9.59 Å². The van der Waals surface area contributed by atoms with E-state index < -0.39 is 28.9 Å². The van der Waals surface area contributed by atoms with Gasteiger partial charge in [0.1, 0.15) is 22.7 Å². The van der Waals surface area contributed by atoms with Gasteiger partial charge < -0.3 is 18.9 Å². The first kappa shape index (κ1) is 30.6. The van der Waals surface area contributed by atoms with Crippen molar-refractivity contribution in [2.75, 3.05) is 0 Å². The van der Waals surface area contributed by atoms with Crippen LogP contribution in [-0.4, -0.2) is 23.5 Å². The predicted octanol–water partition coefficient (Wildman–Crippen LogP) is 9.44. The number of rotatable bonds is 5. The number of hydrogen-bond donors (Lipinski definition) is 0. The van der Waals surface area contributed by atoms with E-state index in [1.54, 1.807) is 53.7 Å². The van der Waals surface area contributed by atoms with E-state index in [-0.39, 0.29) is 0 Å². The Kier molecular flexibility index (Phi) is 8.40. The van der Waals surface area contributed by atoms with Crippen LogP contribution in [0.3, 0.4) is 0 Å². The summed E-state index contributed by atoms with van der Waals surface area (Å²) in [7, 11) is 0. The summed E-state index contributed by atoms with van der Waals surface area (Å²) in [5, 5.41) is 2.28. The van der Waals surface area contributed by atoms with Crippen LogP contribution >= 0.6 is 0 Å². The van der Waals surface area contributed by atoms with E-state index in [9.17, 15) is 9.59 Å². The first-order valence-electron chi connectivity index (χ1n) is 14.1. The number of benzene rings is 4. The monoisotopic (exact) mass is 568 g/mol. The zero-order chi connectivity index (χ0) is 30.9. The molecule has 0 N–H and O–H groups in total. The maximum Gasteiger partial charge on any atom is 0.514 e. The van der Waals surface area contributed by atoms with Crippen molar-refractivity contribution >= 4 is 23.1 Å². The lowest BCUT2D eigenvalue weighted by Crippen LogP contribution is -2.27. The van der Waals surface area contributed by atoms with Crippen molar-refractivity contribution in [3.63, 3.8) is 0 Å². The molecule has 0 heterocycles. The van der Waals surface area contributed by atoms with E-state index >= 15 is 0 Å². The number of carbonyl (C=O) groups is 2. The van der Waals surface area contributed by atoms with Gasteiger partial charge in [0.05, 0.1) is 0 Å². The molecule has 0 bridgehead atoms. The lowest BCUT2D eigenvalue weighted by molar-refractivity contribution is 0.0191. The summed E-state index contributed by atoms with van der Waals surface area (Å²) in [4.78, 5) is 24.7. The highest BCUT2D eigenvalue weighted by atomic mass is 16.7. The minimum absolute atomic E-state index is 0.436. The van der Waals surface area contributed by atoms with Gasteiger partial charge in [0.25, 0.3) is 0 Å². The topological polar surface area (TPSA) is 71.1 Å². The molecule has 42 heavy (non-hydrogen) atoms. The lowest BCUT2D eigenvalue weighted by atomic mass is 9.70. The molecule has 0 saturated carbocycles. The summed E-state index contributed by atoms with van der Waals surface area (Å²) >= 11 is 0. The maximum absolute atomic E-state index is 12.4. The van der Waals surface area contributed by atoms with Gasteiger partial charge in [-0.2, -0.15) is 0 Å². The van der Waals surface area contributed by atoms with Crippen LogP contribution in [0.1, 0.15) is 76.3 Å². The molecule has 0 unspecified atom stereocenters. The second kappa shape index (κ2) is 11.5. The summed E-state index contributed by atoms with van der Waals surface area (Å²) in [6.45, 7) is 16.8. The number of fused-ring (bicyclic) bond motifs is 1. The average molecular weight is 569 g/mol. The zero-order valence-electron chi connectivity index (χ0n) is 26.0. The van der Waals surface area contributed by atoms with Crippen LogP contribution in [0, 0.1) is 13.8 Å². The summed E-state index contributed by atoms with van der Waals surface area (Å²) in [5.41, 5.74) is 2.78. The largest absolute Gasteiger partial charge is 0.514 e. The van der Waals surface area contributed by atoms with Crippen LogP contribution in [-0.2, 0) is 14.9 Å². The van der Waals surface area contributed by atoms with E-state index in [0.717, 1.165) is 38.6 Å². The minimum Gasteiger partial charge on any atom is -0.428 e. The van der Waals surface area contributed by atoms with Crippen LogP contribution in [0.25, 0.3) is 10.8 Å².